The number of carbonyl (C=O) groups excluding carboxylic acids is 1. The molecule has 3 nitrogen and oxygen atoms in total. The number of piperidine rings is 1. The Kier molecular flexibility index (Phi) is 7.12. The highest BCUT2D eigenvalue weighted by Gasteiger charge is 2.25. The minimum absolute atomic E-state index is 0.143. The van der Waals surface area contributed by atoms with Crippen molar-refractivity contribution in [3.8, 4) is 0 Å². The Bertz CT molecular complexity index is 596. The molecule has 2 aliphatic rings. The average Bonchev–Trinajstić information content (AvgIpc) is 2.65. The van der Waals surface area contributed by atoms with E-state index in [1.165, 1.54) is 36.8 Å². The fraction of sp³-hybridized carbons (Fsp3) is 0.571. The zero-order chi connectivity index (χ0) is 17.5. The van der Waals surface area contributed by atoms with Crippen molar-refractivity contribution in [2.75, 3.05) is 19.6 Å². The number of likely N-dealkylation sites (tertiary alicyclic amines) is 1. The van der Waals surface area contributed by atoms with E-state index in [-0.39, 0.29) is 11.8 Å². The Morgan fingerprint density at radius 3 is 2.80 bits per heavy atom. The fourth-order valence-corrected chi connectivity index (χ4v) is 4.15. The molecule has 1 fully saturated rings. The summed E-state index contributed by atoms with van der Waals surface area (Å²) < 4.78 is 1.11. The van der Waals surface area contributed by atoms with Crippen molar-refractivity contribution < 1.29 is 4.79 Å². The molecule has 136 valence electrons. The van der Waals surface area contributed by atoms with Gasteiger partial charge >= 0.3 is 0 Å². The van der Waals surface area contributed by atoms with Gasteiger partial charge in [-0.15, -0.1) is 0 Å². The summed E-state index contributed by atoms with van der Waals surface area (Å²) in [5.74, 6) is 0.390. The lowest BCUT2D eigenvalue weighted by atomic mass is 9.95. The van der Waals surface area contributed by atoms with Gasteiger partial charge in [0.05, 0.1) is 5.92 Å². The molecule has 1 amide bonds. The minimum atomic E-state index is 0.143. The molecule has 0 aromatic heterocycles. The highest BCUT2D eigenvalue weighted by molar-refractivity contribution is 9.10. The number of amides is 1. The van der Waals surface area contributed by atoms with E-state index >= 15 is 0 Å². The number of nitrogens with zero attached hydrogens (tertiary/aromatic N) is 1. The first-order valence-corrected chi connectivity index (χ1v) is 10.4. The van der Waals surface area contributed by atoms with Gasteiger partial charge in [-0.25, -0.2) is 0 Å². The van der Waals surface area contributed by atoms with Gasteiger partial charge in [0.15, 0.2) is 0 Å². The summed E-state index contributed by atoms with van der Waals surface area (Å²) in [5, 5.41) is 3.18. The first-order chi connectivity index (χ1) is 12.2. The number of halogens is 1. The van der Waals surface area contributed by atoms with Gasteiger partial charge in [0.25, 0.3) is 0 Å². The minimum Gasteiger partial charge on any atom is -0.356 e. The van der Waals surface area contributed by atoms with E-state index in [9.17, 15) is 4.79 Å². The normalized spacial score (nSPS) is 21.6. The average molecular weight is 405 g/mol. The fourth-order valence-electron chi connectivity index (χ4n) is 3.88. The van der Waals surface area contributed by atoms with Crippen LogP contribution >= 0.6 is 15.9 Å². The number of benzene rings is 1. The lowest BCUT2D eigenvalue weighted by Gasteiger charge is -2.32. The Balaban J connectivity index is 1.43. The van der Waals surface area contributed by atoms with E-state index in [4.69, 9.17) is 0 Å². The highest BCUT2D eigenvalue weighted by atomic mass is 79.9. The lowest BCUT2D eigenvalue weighted by molar-refractivity contribution is -0.126. The van der Waals surface area contributed by atoms with E-state index in [1.54, 1.807) is 0 Å². The molecule has 4 heteroatoms. The molecule has 1 aromatic rings. The third-order valence-corrected chi connectivity index (χ3v) is 5.85. The quantitative estimate of drug-likeness (QED) is 0.698. The van der Waals surface area contributed by atoms with Crippen molar-refractivity contribution in [2.45, 2.75) is 51.5 Å². The molecule has 1 atom stereocenters. The Labute approximate surface area is 160 Å². The van der Waals surface area contributed by atoms with Crippen LogP contribution in [0.1, 0.15) is 50.5 Å². The van der Waals surface area contributed by atoms with Gasteiger partial charge in [-0.1, -0.05) is 39.7 Å². The molecule has 0 spiro atoms. The summed E-state index contributed by atoms with van der Waals surface area (Å²) in [6.45, 7) is 3.70. The third-order valence-electron chi connectivity index (χ3n) is 5.33. The molecule has 1 aliphatic heterocycles. The van der Waals surface area contributed by atoms with Crippen molar-refractivity contribution in [3.05, 3.63) is 46.0 Å². The van der Waals surface area contributed by atoms with Crippen LogP contribution in [0.2, 0.25) is 0 Å². The summed E-state index contributed by atoms with van der Waals surface area (Å²) in [7, 11) is 0. The Hall–Kier alpha value is -1.13. The van der Waals surface area contributed by atoms with Gasteiger partial charge < -0.3 is 5.32 Å². The highest BCUT2D eigenvalue weighted by Crippen LogP contribution is 2.21. The van der Waals surface area contributed by atoms with Crippen LogP contribution in [0, 0.1) is 5.92 Å². The van der Waals surface area contributed by atoms with Crippen molar-refractivity contribution in [3.63, 3.8) is 0 Å². The monoisotopic (exact) mass is 404 g/mol. The van der Waals surface area contributed by atoms with E-state index in [2.05, 4.69) is 56.5 Å². The van der Waals surface area contributed by atoms with E-state index in [0.29, 0.717) is 0 Å². The molecule has 1 N–H and O–H groups in total. The molecule has 25 heavy (non-hydrogen) atoms. The number of carbonyl (C=O) groups is 1. The molecule has 0 saturated carbocycles. The summed E-state index contributed by atoms with van der Waals surface area (Å²) in [6.07, 6.45) is 10.6. The molecule has 1 aromatic carbocycles. The van der Waals surface area contributed by atoms with Crippen LogP contribution in [0.5, 0.6) is 0 Å². The Morgan fingerprint density at radius 2 is 2.04 bits per heavy atom. The van der Waals surface area contributed by atoms with Crippen molar-refractivity contribution >= 4 is 21.8 Å². The number of hydrogen-bond acceptors (Lipinski definition) is 2. The van der Waals surface area contributed by atoms with Crippen molar-refractivity contribution in [1.29, 1.82) is 0 Å². The Morgan fingerprint density at radius 1 is 1.20 bits per heavy atom. The molecule has 3 rings (SSSR count). The zero-order valence-corrected chi connectivity index (χ0v) is 16.6. The molecule has 0 radical (unpaired) electrons. The second-order valence-electron chi connectivity index (χ2n) is 7.35. The zero-order valence-electron chi connectivity index (χ0n) is 15.0. The van der Waals surface area contributed by atoms with Gasteiger partial charge in [-0.3, -0.25) is 9.69 Å². The number of hydrogen-bond donors (Lipinski definition) is 1. The summed E-state index contributed by atoms with van der Waals surface area (Å²) in [4.78, 5) is 14.9. The van der Waals surface area contributed by atoms with Crippen LogP contribution in [-0.4, -0.2) is 30.4 Å². The van der Waals surface area contributed by atoms with Crippen LogP contribution in [0.25, 0.3) is 0 Å². The van der Waals surface area contributed by atoms with Gasteiger partial charge in [-0.2, -0.15) is 0 Å². The lowest BCUT2D eigenvalue weighted by Crippen LogP contribution is -2.42. The van der Waals surface area contributed by atoms with E-state index < -0.39 is 0 Å². The molecular formula is C21H29BrN2O. The van der Waals surface area contributed by atoms with Gasteiger partial charge in [0.2, 0.25) is 5.91 Å². The van der Waals surface area contributed by atoms with Crippen LogP contribution in [-0.2, 0) is 11.3 Å². The number of nitrogens with one attached hydrogen (secondary N) is 1. The summed E-state index contributed by atoms with van der Waals surface area (Å²) in [5.41, 5.74) is 2.85. The molecular weight excluding hydrogens is 376 g/mol. The molecule has 1 aliphatic carbocycles. The van der Waals surface area contributed by atoms with Gasteiger partial charge in [-0.05, 0) is 69.2 Å². The maximum Gasteiger partial charge on any atom is 0.224 e. The molecule has 1 unspecified atom stereocenters. The van der Waals surface area contributed by atoms with Crippen molar-refractivity contribution in [1.82, 2.24) is 10.2 Å². The predicted octanol–water partition coefficient (Wildman–Crippen LogP) is 4.67. The maximum absolute atomic E-state index is 12.5. The number of allylic oxidation sites excluding steroid dienone is 1. The van der Waals surface area contributed by atoms with Crippen molar-refractivity contribution in [2.24, 2.45) is 5.92 Å². The SMILES string of the molecule is O=C(NCCC1=CCCCC1)C1CCCN(Cc2ccc(Br)cc2)C1. The third kappa shape index (κ3) is 5.96. The van der Waals surface area contributed by atoms with Crippen LogP contribution < -0.4 is 5.32 Å². The number of rotatable bonds is 6. The predicted molar refractivity (Wildman–Crippen MR) is 106 cm³/mol. The summed E-state index contributed by atoms with van der Waals surface area (Å²) >= 11 is 3.48. The first kappa shape index (κ1) is 18.7. The second kappa shape index (κ2) is 9.54. The largest absolute Gasteiger partial charge is 0.356 e. The van der Waals surface area contributed by atoms with E-state index in [1.807, 2.05) is 0 Å². The van der Waals surface area contributed by atoms with Gasteiger partial charge in [0.1, 0.15) is 0 Å². The first-order valence-electron chi connectivity index (χ1n) is 9.63. The molecule has 1 saturated heterocycles. The molecule has 0 bridgehead atoms. The van der Waals surface area contributed by atoms with Gasteiger partial charge in [0, 0.05) is 24.1 Å². The van der Waals surface area contributed by atoms with E-state index in [0.717, 1.165) is 49.9 Å². The second-order valence-corrected chi connectivity index (χ2v) is 8.27. The van der Waals surface area contributed by atoms with Crippen LogP contribution in [0.15, 0.2) is 40.4 Å². The summed E-state index contributed by atoms with van der Waals surface area (Å²) in [6, 6.07) is 8.49. The standard InChI is InChI=1S/C21H29BrN2O/c22-20-10-8-18(9-11-20)15-24-14-4-7-19(16-24)21(25)23-13-12-17-5-2-1-3-6-17/h5,8-11,19H,1-4,6-7,12-16H2,(H,23,25). The van der Waals surface area contributed by atoms with Crippen LogP contribution in [0.3, 0.4) is 0 Å². The smallest absolute Gasteiger partial charge is 0.224 e. The maximum atomic E-state index is 12.5. The topological polar surface area (TPSA) is 32.3 Å². The van der Waals surface area contributed by atoms with Crippen LogP contribution in [0.4, 0.5) is 0 Å². The molecule has 1 heterocycles.